The maximum absolute atomic E-state index is 11.7. The lowest BCUT2D eigenvalue weighted by Crippen LogP contribution is -2.16. The molecule has 1 rings (SSSR count). The number of hydrogen-bond acceptors (Lipinski definition) is 4. The number of carbonyl (C=O) groups excluding carboxylic acids is 1. The van der Waals surface area contributed by atoms with Gasteiger partial charge in [-0.15, -0.1) is 0 Å². The minimum absolute atomic E-state index is 0.0277. The van der Waals surface area contributed by atoms with Crippen molar-refractivity contribution in [3.05, 3.63) is 23.8 Å². The van der Waals surface area contributed by atoms with Gasteiger partial charge in [0.1, 0.15) is 5.56 Å². The molecule has 20 heavy (non-hydrogen) atoms. The summed E-state index contributed by atoms with van der Waals surface area (Å²) in [6.45, 7) is 4.19. The molecule has 0 amide bonds. The topological polar surface area (TPSA) is 61.5 Å². The second-order valence-electron chi connectivity index (χ2n) is 4.99. The lowest BCUT2D eigenvalue weighted by molar-refractivity contribution is 0.0593. The fourth-order valence-corrected chi connectivity index (χ4v) is 2.08. The van der Waals surface area contributed by atoms with E-state index in [9.17, 15) is 4.79 Å². The van der Waals surface area contributed by atoms with Crippen molar-refractivity contribution in [1.82, 2.24) is 0 Å². The van der Waals surface area contributed by atoms with Crippen molar-refractivity contribution in [2.24, 2.45) is 0 Å². The molecule has 1 aromatic carbocycles. The molecule has 0 spiro atoms. The van der Waals surface area contributed by atoms with Crippen molar-refractivity contribution in [3.8, 4) is 5.75 Å². The van der Waals surface area contributed by atoms with Gasteiger partial charge in [0.2, 0.25) is 0 Å². The van der Waals surface area contributed by atoms with Crippen LogP contribution < -0.4 is 10.5 Å². The molecule has 0 heterocycles. The van der Waals surface area contributed by atoms with E-state index in [0.717, 1.165) is 12.8 Å². The molecule has 1 aromatic rings. The number of hydrogen-bond donors (Lipinski definition) is 1. The molecule has 0 aromatic heterocycles. The molecule has 0 aliphatic heterocycles. The van der Waals surface area contributed by atoms with Gasteiger partial charge in [0.05, 0.1) is 18.9 Å². The summed E-state index contributed by atoms with van der Waals surface area (Å²) in [4.78, 5) is 11.7. The summed E-state index contributed by atoms with van der Waals surface area (Å²) in [7, 11) is 1.35. The van der Waals surface area contributed by atoms with Gasteiger partial charge in [-0.3, -0.25) is 0 Å². The normalized spacial score (nSPS) is 11.9. The first-order valence-electron chi connectivity index (χ1n) is 7.23. The van der Waals surface area contributed by atoms with Crippen molar-refractivity contribution in [2.75, 3.05) is 12.8 Å². The number of rotatable bonds is 8. The lowest BCUT2D eigenvalue weighted by Gasteiger charge is -2.18. The van der Waals surface area contributed by atoms with Gasteiger partial charge in [0, 0.05) is 0 Å². The average Bonchev–Trinajstić information content (AvgIpc) is 2.45. The van der Waals surface area contributed by atoms with Crippen LogP contribution in [0, 0.1) is 0 Å². The van der Waals surface area contributed by atoms with E-state index >= 15 is 0 Å². The van der Waals surface area contributed by atoms with Crippen molar-refractivity contribution in [1.29, 1.82) is 0 Å². The summed E-state index contributed by atoms with van der Waals surface area (Å²) in [5.41, 5.74) is 6.75. The lowest BCUT2D eigenvalue weighted by atomic mass is 10.1. The van der Waals surface area contributed by atoms with Crippen molar-refractivity contribution in [2.45, 2.75) is 52.1 Å². The molecule has 0 aliphatic rings. The highest BCUT2D eigenvalue weighted by Gasteiger charge is 2.17. The molecule has 1 unspecified atom stereocenters. The standard InChI is InChI=1S/C16H25NO3/c1-4-5-6-7-9-12(2)20-15-13(16(18)19-3)10-8-11-14(15)17/h8,10-12H,4-7,9,17H2,1-3H3. The fraction of sp³-hybridized carbons (Fsp3) is 0.562. The molecule has 0 saturated carbocycles. The molecule has 1 atom stereocenters. The third kappa shape index (κ3) is 4.76. The van der Waals surface area contributed by atoms with Crippen LogP contribution >= 0.6 is 0 Å². The van der Waals surface area contributed by atoms with Gasteiger partial charge >= 0.3 is 5.97 Å². The monoisotopic (exact) mass is 279 g/mol. The number of para-hydroxylation sites is 1. The number of esters is 1. The van der Waals surface area contributed by atoms with E-state index in [1.807, 2.05) is 6.92 Å². The second kappa shape index (κ2) is 8.46. The van der Waals surface area contributed by atoms with E-state index in [1.54, 1.807) is 18.2 Å². The van der Waals surface area contributed by atoms with Gasteiger partial charge < -0.3 is 15.2 Å². The number of benzene rings is 1. The second-order valence-corrected chi connectivity index (χ2v) is 4.99. The number of methoxy groups -OCH3 is 1. The molecule has 4 nitrogen and oxygen atoms in total. The zero-order chi connectivity index (χ0) is 15.0. The summed E-state index contributed by atoms with van der Waals surface area (Å²) < 4.78 is 10.6. The maximum Gasteiger partial charge on any atom is 0.341 e. The molecule has 4 heteroatoms. The molecule has 0 bridgehead atoms. The predicted molar refractivity (Wildman–Crippen MR) is 81.0 cm³/mol. The first-order chi connectivity index (χ1) is 9.60. The predicted octanol–water partition coefficient (Wildman–Crippen LogP) is 3.79. The van der Waals surface area contributed by atoms with Crippen LogP contribution in [-0.4, -0.2) is 19.2 Å². The Morgan fingerprint density at radius 2 is 2.05 bits per heavy atom. The Labute approximate surface area is 121 Å². The third-order valence-corrected chi connectivity index (χ3v) is 3.23. The molecule has 112 valence electrons. The van der Waals surface area contributed by atoms with Crippen LogP contribution in [0.4, 0.5) is 5.69 Å². The van der Waals surface area contributed by atoms with Crippen molar-refractivity contribution in [3.63, 3.8) is 0 Å². The Hall–Kier alpha value is -1.71. The zero-order valence-electron chi connectivity index (χ0n) is 12.6. The summed E-state index contributed by atoms with van der Waals surface area (Å²) in [5.74, 6) is 0.00724. The van der Waals surface area contributed by atoms with Crippen LogP contribution in [0.2, 0.25) is 0 Å². The van der Waals surface area contributed by atoms with E-state index in [1.165, 1.54) is 26.4 Å². The number of ether oxygens (including phenoxy) is 2. The Kier molecular flexibility index (Phi) is 6.91. The SMILES string of the molecule is CCCCCCC(C)Oc1c(N)cccc1C(=O)OC. The molecule has 0 radical (unpaired) electrons. The van der Waals surface area contributed by atoms with Gasteiger partial charge in [0.25, 0.3) is 0 Å². The van der Waals surface area contributed by atoms with Crippen LogP contribution in [0.25, 0.3) is 0 Å². The average molecular weight is 279 g/mol. The van der Waals surface area contributed by atoms with Crippen LogP contribution in [-0.2, 0) is 4.74 Å². The largest absolute Gasteiger partial charge is 0.488 e. The zero-order valence-corrected chi connectivity index (χ0v) is 12.6. The van der Waals surface area contributed by atoms with E-state index in [4.69, 9.17) is 15.2 Å². The Morgan fingerprint density at radius 3 is 2.70 bits per heavy atom. The molecule has 0 fully saturated rings. The van der Waals surface area contributed by atoms with E-state index in [0.29, 0.717) is 17.0 Å². The van der Waals surface area contributed by atoms with E-state index < -0.39 is 5.97 Å². The van der Waals surface area contributed by atoms with E-state index in [2.05, 4.69) is 6.92 Å². The van der Waals surface area contributed by atoms with Crippen LogP contribution in [0.5, 0.6) is 5.75 Å². The minimum atomic E-state index is -0.425. The van der Waals surface area contributed by atoms with Crippen LogP contribution in [0.1, 0.15) is 56.3 Å². The van der Waals surface area contributed by atoms with E-state index in [-0.39, 0.29) is 6.10 Å². The smallest absolute Gasteiger partial charge is 0.341 e. The number of carbonyl (C=O) groups is 1. The van der Waals surface area contributed by atoms with Gasteiger partial charge in [-0.2, -0.15) is 0 Å². The number of nitrogens with two attached hydrogens (primary N) is 1. The minimum Gasteiger partial charge on any atom is -0.488 e. The van der Waals surface area contributed by atoms with Crippen LogP contribution in [0.15, 0.2) is 18.2 Å². The summed E-state index contributed by atoms with van der Waals surface area (Å²) in [6.07, 6.45) is 5.77. The highest BCUT2D eigenvalue weighted by atomic mass is 16.5. The highest BCUT2D eigenvalue weighted by Crippen LogP contribution is 2.28. The van der Waals surface area contributed by atoms with Gasteiger partial charge in [0.15, 0.2) is 5.75 Å². The highest BCUT2D eigenvalue weighted by molar-refractivity contribution is 5.94. The summed E-state index contributed by atoms with van der Waals surface area (Å²) in [5, 5.41) is 0. The van der Waals surface area contributed by atoms with Gasteiger partial charge in [-0.1, -0.05) is 32.3 Å². The molecule has 0 saturated heterocycles. The van der Waals surface area contributed by atoms with Crippen molar-refractivity contribution >= 4 is 11.7 Å². The summed E-state index contributed by atoms with van der Waals surface area (Å²) >= 11 is 0. The maximum atomic E-state index is 11.7. The van der Waals surface area contributed by atoms with Crippen molar-refractivity contribution < 1.29 is 14.3 Å². The number of unbranched alkanes of at least 4 members (excludes halogenated alkanes) is 3. The Bertz CT molecular complexity index is 432. The summed E-state index contributed by atoms with van der Waals surface area (Å²) in [6, 6.07) is 5.12. The molecule has 0 aliphatic carbocycles. The quantitative estimate of drug-likeness (QED) is 0.447. The van der Waals surface area contributed by atoms with Gasteiger partial charge in [-0.05, 0) is 31.9 Å². The third-order valence-electron chi connectivity index (χ3n) is 3.23. The number of nitrogen functional groups attached to an aromatic ring is 1. The van der Waals surface area contributed by atoms with Gasteiger partial charge in [-0.25, -0.2) is 4.79 Å². The Morgan fingerprint density at radius 1 is 1.30 bits per heavy atom. The first kappa shape index (κ1) is 16.3. The Balaban J connectivity index is 2.68. The fourth-order valence-electron chi connectivity index (χ4n) is 2.08. The first-order valence-corrected chi connectivity index (χ1v) is 7.23. The molecular weight excluding hydrogens is 254 g/mol. The molecule has 2 N–H and O–H groups in total. The number of anilines is 1. The van der Waals surface area contributed by atoms with Crippen LogP contribution in [0.3, 0.4) is 0 Å². The molecular formula is C16H25NO3.